The summed E-state index contributed by atoms with van der Waals surface area (Å²) >= 11 is 0. The number of carbonyl (C=O) groups excluding carboxylic acids is 1. The van der Waals surface area contributed by atoms with Crippen LogP contribution in [0.5, 0.6) is 0 Å². The highest BCUT2D eigenvalue weighted by molar-refractivity contribution is 5.58. The van der Waals surface area contributed by atoms with Gasteiger partial charge in [0.05, 0.1) is 6.61 Å². The number of hydrogen-bond acceptors (Lipinski definition) is 2. The van der Waals surface area contributed by atoms with Crippen LogP contribution in [0, 0.1) is 5.41 Å². The van der Waals surface area contributed by atoms with Crippen LogP contribution in [-0.2, 0) is 9.53 Å². The molecule has 108 valence electrons. The fourth-order valence-electron chi connectivity index (χ4n) is 1.38. The Morgan fingerprint density at radius 1 is 1.11 bits per heavy atom. The van der Waals surface area contributed by atoms with Crippen LogP contribution in [-0.4, -0.2) is 31.3 Å². The molecule has 0 aliphatic heterocycles. The van der Waals surface area contributed by atoms with Gasteiger partial charge in [0.2, 0.25) is 6.10 Å². The Labute approximate surface area is 100 Å². The van der Waals surface area contributed by atoms with Crippen LogP contribution in [0.2, 0.25) is 0 Å². The van der Waals surface area contributed by atoms with Gasteiger partial charge in [0.15, 0.2) is 0 Å². The molecule has 0 N–H and O–H groups in total. The van der Waals surface area contributed by atoms with Crippen LogP contribution in [0.25, 0.3) is 0 Å². The van der Waals surface area contributed by atoms with Gasteiger partial charge in [-0.05, 0) is 6.42 Å². The number of ether oxygens (including phenoxy) is 1. The molecule has 0 heterocycles. The van der Waals surface area contributed by atoms with Crippen molar-refractivity contribution in [3.8, 4) is 0 Å². The van der Waals surface area contributed by atoms with E-state index in [-0.39, 0.29) is 6.42 Å². The molecule has 0 aromatic heterocycles. The minimum absolute atomic E-state index is 0.152. The van der Waals surface area contributed by atoms with E-state index in [1.165, 1.54) is 6.92 Å². The molecule has 8 heteroatoms. The molecule has 0 saturated carbocycles. The van der Waals surface area contributed by atoms with Crippen LogP contribution >= 0.6 is 0 Å². The van der Waals surface area contributed by atoms with E-state index in [4.69, 9.17) is 0 Å². The van der Waals surface area contributed by atoms with E-state index >= 15 is 0 Å². The third-order valence-corrected chi connectivity index (χ3v) is 2.28. The van der Waals surface area contributed by atoms with E-state index in [9.17, 15) is 31.1 Å². The number of alkyl halides is 6. The first-order valence-corrected chi connectivity index (χ1v) is 5.17. The van der Waals surface area contributed by atoms with E-state index < -0.39 is 30.5 Å². The summed E-state index contributed by atoms with van der Waals surface area (Å²) in [6.45, 7) is 1.99. The maximum absolute atomic E-state index is 12.1. The minimum Gasteiger partial charge on any atom is -0.360 e. The van der Waals surface area contributed by atoms with Crippen molar-refractivity contribution in [2.24, 2.45) is 5.41 Å². The Kier molecular flexibility index (Phi) is 5.64. The first-order valence-electron chi connectivity index (χ1n) is 5.17. The second-order valence-electron chi connectivity index (χ2n) is 4.30. The molecule has 0 spiro atoms. The SMILES string of the molecule is CCCC(C)(C=O)COC(C(F)(F)F)C(F)(F)F. The van der Waals surface area contributed by atoms with Gasteiger partial charge in [0.25, 0.3) is 0 Å². The first-order chi connectivity index (χ1) is 7.96. The molecule has 1 atom stereocenters. The molecular formula is C10H14F6O2. The van der Waals surface area contributed by atoms with Gasteiger partial charge in [-0.15, -0.1) is 0 Å². The van der Waals surface area contributed by atoms with E-state index in [0.29, 0.717) is 12.7 Å². The predicted molar refractivity (Wildman–Crippen MR) is 50.9 cm³/mol. The lowest BCUT2D eigenvalue weighted by molar-refractivity contribution is -0.325. The highest BCUT2D eigenvalue weighted by atomic mass is 19.4. The Morgan fingerprint density at radius 2 is 1.56 bits per heavy atom. The standard InChI is InChI=1S/C10H14F6O2/c1-3-4-8(2,5-17)6-18-7(9(11,12)13)10(14,15)16/h5,7H,3-4,6H2,1-2H3. The number of rotatable bonds is 6. The number of hydrogen-bond donors (Lipinski definition) is 0. The smallest absolute Gasteiger partial charge is 0.360 e. The zero-order valence-corrected chi connectivity index (χ0v) is 9.86. The lowest BCUT2D eigenvalue weighted by atomic mass is 9.88. The third kappa shape index (κ3) is 5.24. The normalized spacial score (nSPS) is 16.7. The summed E-state index contributed by atoms with van der Waals surface area (Å²) < 4.78 is 76.8. The van der Waals surface area contributed by atoms with Gasteiger partial charge in [-0.2, -0.15) is 26.3 Å². The van der Waals surface area contributed by atoms with E-state index in [0.717, 1.165) is 0 Å². The van der Waals surface area contributed by atoms with Crippen LogP contribution in [0.1, 0.15) is 26.7 Å². The van der Waals surface area contributed by atoms with Crippen molar-refractivity contribution in [2.75, 3.05) is 6.61 Å². The zero-order chi connectivity index (χ0) is 14.6. The molecule has 0 rings (SSSR count). The Bertz CT molecular complexity index is 259. The molecule has 0 amide bonds. The van der Waals surface area contributed by atoms with Crippen molar-refractivity contribution in [3.05, 3.63) is 0 Å². The van der Waals surface area contributed by atoms with E-state index in [2.05, 4.69) is 4.74 Å². The largest absolute Gasteiger partial charge is 0.423 e. The Morgan fingerprint density at radius 3 is 1.83 bits per heavy atom. The van der Waals surface area contributed by atoms with Crippen molar-refractivity contribution in [2.45, 2.75) is 45.1 Å². The monoisotopic (exact) mass is 280 g/mol. The average Bonchev–Trinajstić information content (AvgIpc) is 2.14. The molecule has 0 bridgehead atoms. The fourth-order valence-corrected chi connectivity index (χ4v) is 1.38. The molecular weight excluding hydrogens is 266 g/mol. The average molecular weight is 280 g/mol. The van der Waals surface area contributed by atoms with Gasteiger partial charge < -0.3 is 9.53 Å². The number of carbonyl (C=O) groups is 1. The van der Waals surface area contributed by atoms with Crippen LogP contribution < -0.4 is 0 Å². The van der Waals surface area contributed by atoms with Gasteiger partial charge in [-0.1, -0.05) is 20.3 Å². The molecule has 0 fully saturated rings. The lowest BCUT2D eigenvalue weighted by Crippen LogP contribution is -2.46. The summed E-state index contributed by atoms with van der Waals surface area (Å²) in [5.74, 6) is 0. The molecule has 2 nitrogen and oxygen atoms in total. The van der Waals surface area contributed by atoms with Crippen molar-refractivity contribution in [3.63, 3.8) is 0 Å². The van der Waals surface area contributed by atoms with Gasteiger partial charge >= 0.3 is 12.4 Å². The van der Waals surface area contributed by atoms with E-state index in [1.807, 2.05) is 0 Å². The van der Waals surface area contributed by atoms with Gasteiger partial charge in [-0.25, -0.2) is 0 Å². The second kappa shape index (κ2) is 5.90. The summed E-state index contributed by atoms with van der Waals surface area (Å²) in [6.07, 6.45) is -14.0. The fraction of sp³-hybridized carbons (Fsp3) is 0.900. The summed E-state index contributed by atoms with van der Waals surface area (Å²) in [4.78, 5) is 10.7. The van der Waals surface area contributed by atoms with Crippen LogP contribution in [0.15, 0.2) is 0 Å². The van der Waals surface area contributed by atoms with Crippen molar-refractivity contribution >= 4 is 6.29 Å². The second-order valence-corrected chi connectivity index (χ2v) is 4.30. The molecule has 0 aromatic rings. The maximum Gasteiger partial charge on any atom is 0.423 e. The van der Waals surface area contributed by atoms with Crippen LogP contribution in [0.4, 0.5) is 26.3 Å². The molecule has 0 aromatic carbocycles. The maximum atomic E-state index is 12.1. The summed E-state index contributed by atoms with van der Waals surface area (Å²) in [5, 5.41) is 0. The quantitative estimate of drug-likeness (QED) is 0.550. The molecule has 0 saturated heterocycles. The molecule has 0 aliphatic rings. The zero-order valence-electron chi connectivity index (χ0n) is 9.86. The van der Waals surface area contributed by atoms with Crippen molar-refractivity contribution in [1.29, 1.82) is 0 Å². The minimum atomic E-state index is -5.55. The summed E-state index contributed by atoms with van der Waals surface area (Å²) in [6, 6.07) is 0. The number of halogens is 6. The topological polar surface area (TPSA) is 26.3 Å². The molecule has 0 radical (unpaired) electrons. The van der Waals surface area contributed by atoms with Crippen molar-refractivity contribution < 1.29 is 35.9 Å². The number of aldehydes is 1. The summed E-state index contributed by atoms with van der Waals surface area (Å²) in [5.41, 5.74) is -1.34. The highest BCUT2D eigenvalue weighted by Gasteiger charge is 2.58. The molecule has 1 unspecified atom stereocenters. The van der Waals surface area contributed by atoms with Gasteiger partial charge in [-0.3, -0.25) is 0 Å². The summed E-state index contributed by atoms with van der Waals surface area (Å²) in [7, 11) is 0. The molecule has 18 heavy (non-hydrogen) atoms. The van der Waals surface area contributed by atoms with Crippen molar-refractivity contribution in [1.82, 2.24) is 0 Å². The van der Waals surface area contributed by atoms with Gasteiger partial charge in [0, 0.05) is 5.41 Å². The predicted octanol–water partition coefficient (Wildman–Crippen LogP) is 3.50. The Hall–Kier alpha value is -0.790. The first kappa shape index (κ1) is 17.2. The Balaban J connectivity index is 4.78. The highest BCUT2D eigenvalue weighted by Crippen LogP contribution is 2.37. The van der Waals surface area contributed by atoms with Gasteiger partial charge in [0.1, 0.15) is 6.29 Å². The third-order valence-electron chi connectivity index (χ3n) is 2.28. The van der Waals surface area contributed by atoms with Crippen LogP contribution in [0.3, 0.4) is 0 Å². The lowest BCUT2D eigenvalue weighted by Gasteiger charge is -2.28. The van der Waals surface area contributed by atoms with E-state index in [1.54, 1.807) is 6.92 Å². The molecule has 0 aliphatic carbocycles.